The molecule has 1 aromatic heterocycles. The predicted octanol–water partition coefficient (Wildman–Crippen LogP) is 3.55. The third-order valence-corrected chi connectivity index (χ3v) is 6.39. The molecule has 1 aliphatic heterocycles. The van der Waals surface area contributed by atoms with Crippen LogP contribution in [0, 0.1) is 5.82 Å². The zero-order chi connectivity index (χ0) is 21.8. The molecular formula is C23H23BrFN3O3. The van der Waals surface area contributed by atoms with Crippen molar-refractivity contribution in [1.82, 2.24) is 14.9 Å². The molecule has 1 fully saturated rings. The lowest BCUT2D eigenvalue weighted by molar-refractivity contribution is -0.121. The van der Waals surface area contributed by atoms with Gasteiger partial charge in [-0.25, -0.2) is 9.37 Å². The Hall–Kier alpha value is -2.58. The van der Waals surface area contributed by atoms with E-state index in [1.165, 1.54) is 23.0 Å². The molecule has 1 amide bonds. The van der Waals surface area contributed by atoms with Crippen LogP contribution in [0.1, 0.15) is 24.8 Å². The molecule has 162 valence electrons. The number of carbonyl (C=O) groups is 1. The second kappa shape index (κ2) is 9.28. The number of nitrogens with one attached hydrogen (secondary N) is 1. The smallest absolute Gasteiger partial charge is 0.261 e. The summed E-state index contributed by atoms with van der Waals surface area (Å²) in [6.07, 6.45) is 3.14. The van der Waals surface area contributed by atoms with Crippen LogP contribution >= 0.6 is 15.9 Å². The van der Waals surface area contributed by atoms with Gasteiger partial charge < -0.3 is 10.1 Å². The number of halogens is 2. The molecule has 0 unspecified atom stereocenters. The van der Waals surface area contributed by atoms with Crippen LogP contribution in [-0.2, 0) is 21.5 Å². The quantitative estimate of drug-likeness (QED) is 0.576. The maximum Gasteiger partial charge on any atom is 0.261 e. The normalized spacial score (nSPS) is 15.7. The van der Waals surface area contributed by atoms with Crippen molar-refractivity contribution >= 4 is 32.7 Å². The van der Waals surface area contributed by atoms with Gasteiger partial charge in [0.1, 0.15) is 5.82 Å². The fourth-order valence-corrected chi connectivity index (χ4v) is 4.36. The molecule has 0 saturated carbocycles. The summed E-state index contributed by atoms with van der Waals surface area (Å²) >= 11 is 3.37. The van der Waals surface area contributed by atoms with Crippen molar-refractivity contribution < 1.29 is 13.9 Å². The molecule has 31 heavy (non-hydrogen) atoms. The summed E-state index contributed by atoms with van der Waals surface area (Å²) in [4.78, 5) is 29.6. The van der Waals surface area contributed by atoms with Crippen LogP contribution in [0.25, 0.3) is 10.9 Å². The Morgan fingerprint density at radius 1 is 1.19 bits per heavy atom. The minimum absolute atomic E-state index is 0.144. The average Bonchev–Trinajstić information content (AvgIpc) is 2.79. The first-order valence-corrected chi connectivity index (χ1v) is 11.0. The topological polar surface area (TPSA) is 73.2 Å². The molecule has 0 aliphatic carbocycles. The van der Waals surface area contributed by atoms with E-state index >= 15 is 0 Å². The molecule has 0 atom stereocenters. The maximum atomic E-state index is 13.4. The monoisotopic (exact) mass is 487 g/mol. The molecule has 1 saturated heterocycles. The molecular weight excluding hydrogens is 465 g/mol. The van der Waals surface area contributed by atoms with Gasteiger partial charge in [-0.2, -0.15) is 0 Å². The first kappa shape index (κ1) is 21.6. The Balaban J connectivity index is 1.42. The van der Waals surface area contributed by atoms with Crippen LogP contribution in [0.5, 0.6) is 0 Å². The van der Waals surface area contributed by atoms with E-state index in [4.69, 9.17) is 4.74 Å². The van der Waals surface area contributed by atoms with Crippen LogP contribution in [-0.4, -0.2) is 35.2 Å². The Kier molecular flexibility index (Phi) is 6.48. The summed E-state index contributed by atoms with van der Waals surface area (Å²) in [5.41, 5.74) is 1.16. The summed E-state index contributed by atoms with van der Waals surface area (Å²) in [6, 6.07) is 11.8. The number of benzene rings is 2. The van der Waals surface area contributed by atoms with E-state index in [1.807, 2.05) is 6.07 Å². The van der Waals surface area contributed by atoms with Crippen molar-refractivity contribution in [3.8, 4) is 0 Å². The van der Waals surface area contributed by atoms with Crippen LogP contribution in [0.4, 0.5) is 4.39 Å². The maximum absolute atomic E-state index is 13.4. The van der Waals surface area contributed by atoms with E-state index < -0.39 is 0 Å². The molecule has 0 spiro atoms. The molecule has 6 nitrogen and oxygen atoms in total. The highest BCUT2D eigenvalue weighted by Crippen LogP contribution is 2.34. The van der Waals surface area contributed by atoms with Gasteiger partial charge in [0.2, 0.25) is 5.91 Å². The third-order valence-electron chi connectivity index (χ3n) is 5.90. The van der Waals surface area contributed by atoms with Gasteiger partial charge in [0.25, 0.3) is 5.56 Å². The molecule has 4 rings (SSSR count). The lowest BCUT2D eigenvalue weighted by atomic mass is 9.74. The van der Waals surface area contributed by atoms with Gasteiger partial charge in [-0.3, -0.25) is 14.2 Å². The highest BCUT2D eigenvalue weighted by Gasteiger charge is 2.34. The molecule has 0 bridgehead atoms. The van der Waals surface area contributed by atoms with E-state index in [0.717, 1.165) is 22.9 Å². The molecule has 2 heterocycles. The molecule has 0 radical (unpaired) electrons. The average molecular weight is 488 g/mol. The summed E-state index contributed by atoms with van der Waals surface area (Å²) in [5, 5.41) is 3.52. The minimum Gasteiger partial charge on any atom is -0.381 e. The number of ether oxygens (including phenoxy) is 1. The van der Waals surface area contributed by atoms with E-state index in [9.17, 15) is 14.0 Å². The fraction of sp³-hybridized carbons (Fsp3) is 0.348. The first-order valence-electron chi connectivity index (χ1n) is 10.2. The molecule has 8 heteroatoms. The number of aryl methyl sites for hydroxylation is 1. The van der Waals surface area contributed by atoms with E-state index in [2.05, 4.69) is 26.2 Å². The summed E-state index contributed by atoms with van der Waals surface area (Å²) < 4.78 is 21.1. The van der Waals surface area contributed by atoms with Crippen molar-refractivity contribution in [3.05, 3.63) is 75.0 Å². The molecule has 3 aromatic rings. The first-order chi connectivity index (χ1) is 15.0. The van der Waals surface area contributed by atoms with E-state index in [-0.39, 0.29) is 35.7 Å². The van der Waals surface area contributed by atoms with Gasteiger partial charge in [0, 0.05) is 42.6 Å². The lowest BCUT2D eigenvalue weighted by Gasteiger charge is -2.38. The van der Waals surface area contributed by atoms with E-state index in [1.54, 1.807) is 24.3 Å². The Bertz CT molecular complexity index is 1140. The Morgan fingerprint density at radius 2 is 1.94 bits per heavy atom. The number of aromatic nitrogens is 2. The highest BCUT2D eigenvalue weighted by atomic mass is 79.9. The number of carbonyl (C=O) groups excluding carboxylic acids is 1. The van der Waals surface area contributed by atoms with Gasteiger partial charge in [-0.1, -0.05) is 28.1 Å². The van der Waals surface area contributed by atoms with Gasteiger partial charge in [-0.05, 0) is 48.7 Å². The number of amides is 1. The van der Waals surface area contributed by atoms with Gasteiger partial charge in [-0.15, -0.1) is 0 Å². The van der Waals surface area contributed by atoms with Crippen molar-refractivity contribution in [1.29, 1.82) is 0 Å². The van der Waals surface area contributed by atoms with Crippen LogP contribution in [0.2, 0.25) is 0 Å². The second-order valence-corrected chi connectivity index (χ2v) is 8.75. The number of rotatable bonds is 6. The molecule has 1 aliphatic rings. The van der Waals surface area contributed by atoms with Gasteiger partial charge in [0.05, 0.1) is 17.2 Å². The fourth-order valence-electron chi connectivity index (χ4n) is 4.00. The molecule has 1 N–H and O–H groups in total. The van der Waals surface area contributed by atoms with Crippen LogP contribution in [0.3, 0.4) is 0 Å². The van der Waals surface area contributed by atoms with Gasteiger partial charge >= 0.3 is 0 Å². The van der Waals surface area contributed by atoms with Crippen LogP contribution < -0.4 is 10.9 Å². The van der Waals surface area contributed by atoms with E-state index in [0.29, 0.717) is 30.7 Å². The Labute approximate surface area is 187 Å². The van der Waals surface area contributed by atoms with Crippen molar-refractivity contribution in [2.24, 2.45) is 0 Å². The number of fused-ring (bicyclic) bond motifs is 1. The summed E-state index contributed by atoms with van der Waals surface area (Å²) in [6.45, 7) is 1.88. The largest absolute Gasteiger partial charge is 0.381 e. The number of hydrogen-bond donors (Lipinski definition) is 1. The SMILES string of the molecule is O=C(CCn1cnc2ccc(Br)cc2c1=O)NCC1(c2ccc(F)cc2)CCOCC1. The van der Waals surface area contributed by atoms with Gasteiger partial charge in [0.15, 0.2) is 0 Å². The Morgan fingerprint density at radius 3 is 2.68 bits per heavy atom. The lowest BCUT2D eigenvalue weighted by Crippen LogP contribution is -2.44. The highest BCUT2D eigenvalue weighted by molar-refractivity contribution is 9.10. The zero-order valence-corrected chi connectivity index (χ0v) is 18.5. The minimum atomic E-state index is -0.283. The summed E-state index contributed by atoms with van der Waals surface area (Å²) in [7, 11) is 0. The molecule has 2 aromatic carbocycles. The summed E-state index contributed by atoms with van der Waals surface area (Å²) in [5.74, 6) is -0.425. The van der Waals surface area contributed by atoms with Crippen molar-refractivity contribution in [2.75, 3.05) is 19.8 Å². The van der Waals surface area contributed by atoms with Crippen molar-refractivity contribution in [3.63, 3.8) is 0 Å². The number of nitrogens with zero attached hydrogens (tertiary/aromatic N) is 2. The second-order valence-electron chi connectivity index (χ2n) is 7.83. The standard InChI is InChI=1S/C23H23BrFN3O3/c24-17-3-6-20-19(13-17)22(30)28(15-27-20)10-7-21(29)26-14-23(8-11-31-12-9-23)16-1-4-18(25)5-2-16/h1-6,13,15H,7-12,14H2,(H,26,29). The predicted molar refractivity (Wildman–Crippen MR) is 119 cm³/mol. The zero-order valence-electron chi connectivity index (χ0n) is 16.9. The van der Waals surface area contributed by atoms with Crippen LogP contribution in [0.15, 0.2) is 58.1 Å². The number of hydrogen-bond acceptors (Lipinski definition) is 4. The van der Waals surface area contributed by atoms with Crippen molar-refractivity contribution in [2.45, 2.75) is 31.2 Å². The third kappa shape index (κ3) is 4.85.